The minimum absolute atomic E-state index is 0.300. The van der Waals surface area contributed by atoms with Gasteiger partial charge in [0.05, 0.1) is 6.10 Å². The largest absolute Gasteiger partial charge is 0.388 e. The zero-order chi connectivity index (χ0) is 10.7. The summed E-state index contributed by atoms with van der Waals surface area (Å²) in [6.45, 7) is 3.64. The molecule has 0 saturated carbocycles. The highest BCUT2D eigenvalue weighted by molar-refractivity contribution is 6.31. The van der Waals surface area contributed by atoms with E-state index < -0.39 is 6.10 Å². The van der Waals surface area contributed by atoms with Crippen molar-refractivity contribution in [2.75, 3.05) is 0 Å². The van der Waals surface area contributed by atoms with E-state index in [2.05, 4.69) is 0 Å². The van der Waals surface area contributed by atoms with E-state index in [-0.39, 0.29) is 5.82 Å². The first kappa shape index (κ1) is 11.5. The molecule has 78 valence electrons. The Bertz CT molecular complexity index is 325. The molecule has 1 unspecified atom stereocenters. The van der Waals surface area contributed by atoms with Crippen LogP contribution in [-0.4, -0.2) is 5.11 Å². The van der Waals surface area contributed by atoms with Crippen LogP contribution in [0, 0.1) is 12.7 Å². The van der Waals surface area contributed by atoms with Crippen LogP contribution in [0.5, 0.6) is 0 Å². The molecule has 0 aliphatic carbocycles. The summed E-state index contributed by atoms with van der Waals surface area (Å²) in [7, 11) is 0. The van der Waals surface area contributed by atoms with Crippen molar-refractivity contribution in [2.45, 2.75) is 32.8 Å². The predicted molar refractivity (Wildman–Crippen MR) is 56.0 cm³/mol. The van der Waals surface area contributed by atoms with Gasteiger partial charge in [-0.1, -0.05) is 24.9 Å². The molecule has 0 heterocycles. The molecule has 1 aromatic rings. The van der Waals surface area contributed by atoms with E-state index in [1.54, 1.807) is 13.0 Å². The molecule has 0 spiro atoms. The molecular formula is C11H14ClFO. The predicted octanol–water partition coefficient (Wildman–Crippen LogP) is 3.62. The number of hydrogen-bond donors (Lipinski definition) is 1. The van der Waals surface area contributed by atoms with E-state index >= 15 is 0 Å². The number of aryl methyl sites for hydroxylation is 1. The highest BCUT2D eigenvalue weighted by Gasteiger charge is 2.12. The summed E-state index contributed by atoms with van der Waals surface area (Å²) in [5.41, 5.74) is 1.13. The zero-order valence-corrected chi connectivity index (χ0v) is 9.11. The van der Waals surface area contributed by atoms with Crippen molar-refractivity contribution >= 4 is 11.6 Å². The molecule has 0 fully saturated rings. The second kappa shape index (κ2) is 4.76. The van der Waals surface area contributed by atoms with Crippen molar-refractivity contribution in [3.63, 3.8) is 0 Å². The quantitative estimate of drug-likeness (QED) is 0.818. The normalized spacial score (nSPS) is 12.9. The summed E-state index contributed by atoms with van der Waals surface area (Å²) in [5.74, 6) is -0.331. The van der Waals surface area contributed by atoms with Gasteiger partial charge in [0.15, 0.2) is 0 Å². The fourth-order valence-corrected chi connectivity index (χ4v) is 1.64. The van der Waals surface area contributed by atoms with Crippen molar-refractivity contribution in [1.29, 1.82) is 0 Å². The number of benzene rings is 1. The minimum atomic E-state index is -0.591. The van der Waals surface area contributed by atoms with Crippen LogP contribution >= 0.6 is 11.6 Å². The van der Waals surface area contributed by atoms with Crippen LogP contribution in [0.4, 0.5) is 4.39 Å². The van der Waals surface area contributed by atoms with Gasteiger partial charge in [-0.25, -0.2) is 4.39 Å². The van der Waals surface area contributed by atoms with Gasteiger partial charge in [-0.05, 0) is 36.6 Å². The lowest BCUT2D eigenvalue weighted by Crippen LogP contribution is -1.99. The molecule has 3 heteroatoms. The molecule has 0 aliphatic rings. The van der Waals surface area contributed by atoms with Gasteiger partial charge in [-0.3, -0.25) is 0 Å². The van der Waals surface area contributed by atoms with Gasteiger partial charge >= 0.3 is 0 Å². The average Bonchev–Trinajstić information content (AvgIpc) is 2.11. The molecule has 1 rings (SSSR count). The standard InChI is InChI=1S/C11H14ClFO/c1-3-4-11(14)8-5-7(2)10(13)6-9(8)12/h5-6,11,14H,3-4H2,1-2H3. The van der Waals surface area contributed by atoms with Gasteiger partial charge in [-0.2, -0.15) is 0 Å². The minimum Gasteiger partial charge on any atom is -0.388 e. The highest BCUT2D eigenvalue weighted by Crippen LogP contribution is 2.28. The van der Waals surface area contributed by atoms with Crippen molar-refractivity contribution in [3.05, 3.63) is 34.1 Å². The first-order chi connectivity index (χ1) is 6.56. The van der Waals surface area contributed by atoms with Gasteiger partial charge in [0.1, 0.15) is 5.82 Å². The molecule has 0 bridgehead atoms. The van der Waals surface area contributed by atoms with Gasteiger partial charge in [0.2, 0.25) is 0 Å². The molecule has 1 N–H and O–H groups in total. The van der Waals surface area contributed by atoms with E-state index in [1.807, 2.05) is 6.92 Å². The summed E-state index contributed by atoms with van der Waals surface area (Å²) in [6, 6.07) is 2.86. The van der Waals surface area contributed by atoms with Gasteiger partial charge < -0.3 is 5.11 Å². The smallest absolute Gasteiger partial charge is 0.127 e. The Balaban J connectivity index is 3.02. The molecule has 14 heavy (non-hydrogen) atoms. The zero-order valence-electron chi connectivity index (χ0n) is 8.35. The van der Waals surface area contributed by atoms with E-state index in [0.717, 1.165) is 6.42 Å². The Morgan fingerprint density at radius 1 is 1.50 bits per heavy atom. The van der Waals surface area contributed by atoms with Gasteiger partial charge in [-0.15, -0.1) is 0 Å². The maximum Gasteiger partial charge on any atom is 0.127 e. The second-order valence-corrected chi connectivity index (χ2v) is 3.83. The van der Waals surface area contributed by atoms with Crippen molar-refractivity contribution in [3.8, 4) is 0 Å². The topological polar surface area (TPSA) is 20.2 Å². The highest BCUT2D eigenvalue weighted by atomic mass is 35.5. The van der Waals surface area contributed by atoms with Crippen LogP contribution in [-0.2, 0) is 0 Å². The second-order valence-electron chi connectivity index (χ2n) is 3.43. The van der Waals surface area contributed by atoms with Crippen LogP contribution < -0.4 is 0 Å². The third-order valence-corrected chi connectivity index (χ3v) is 2.53. The maximum atomic E-state index is 13.0. The fourth-order valence-electron chi connectivity index (χ4n) is 1.36. The lowest BCUT2D eigenvalue weighted by Gasteiger charge is -2.12. The molecule has 0 saturated heterocycles. The molecule has 0 amide bonds. The SMILES string of the molecule is CCCC(O)c1cc(C)c(F)cc1Cl. The Kier molecular flexibility index (Phi) is 3.90. The Labute approximate surface area is 88.5 Å². The molecule has 1 atom stereocenters. The summed E-state index contributed by atoms with van der Waals surface area (Å²) < 4.78 is 13.0. The monoisotopic (exact) mass is 216 g/mol. The summed E-state index contributed by atoms with van der Waals surface area (Å²) in [6.07, 6.45) is 0.922. The third-order valence-electron chi connectivity index (χ3n) is 2.20. The molecule has 0 radical (unpaired) electrons. The van der Waals surface area contributed by atoms with E-state index in [0.29, 0.717) is 22.6 Å². The molecule has 1 nitrogen and oxygen atoms in total. The summed E-state index contributed by atoms with van der Waals surface area (Å²) in [5, 5.41) is 10.0. The van der Waals surface area contributed by atoms with Crippen LogP contribution in [0.2, 0.25) is 5.02 Å². The number of rotatable bonds is 3. The van der Waals surface area contributed by atoms with Crippen LogP contribution in [0.15, 0.2) is 12.1 Å². The fraction of sp³-hybridized carbons (Fsp3) is 0.455. The van der Waals surface area contributed by atoms with Crippen LogP contribution in [0.1, 0.15) is 37.0 Å². The van der Waals surface area contributed by atoms with Crippen molar-refractivity contribution in [2.24, 2.45) is 0 Å². The van der Waals surface area contributed by atoms with E-state index in [9.17, 15) is 9.50 Å². The molecule has 0 aromatic heterocycles. The van der Waals surface area contributed by atoms with Crippen LogP contribution in [0.25, 0.3) is 0 Å². The maximum absolute atomic E-state index is 13.0. The Hall–Kier alpha value is -0.600. The third kappa shape index (κ3) is 2.46. The molecule has 0 aliphatic heterocycles. The first-order valence-corrected chi connectivity index (χ1v) is 5.07. The number of aliphatic hydroxyl groups excluding tert-OH is 1. The average molecular weight is 217 g/mol. The molecule has 1 aromatic carbocycles. The van der Waals surface area contributed by atoms with Crippen molar-refractivity contribution in [1.82, 2.24) is 0 Å². The summed E-state index contributed by atoms with van der Waals surface area (Å²) >= 11 is 5.83. The van der Waals surface area contributed by atoms with Crippen LogP contribution in [0.3, 0.4) is 0 Å². The Morgan fingerprint density at radius 2 is 2.14 bits per heavy atom. The lowest BCUT2D eigenvalue weighted by atomic mass is 10.0. The van der Waals surface area contributed by atoms with Gasteiger partial charge in [0.25, 0.3) is 0 Å². The number of aliphatic hydroxyl groups is 1. The Morgan fingerprint density at radius 3 is 2.71 bits per heavy atom. The van der Waals surface area contributed by atoms with Gasteiger partial charge in [0, 0.05) is 5.02 Å². The van der Waals surface area contributed by atoms with E-state index in [4.69, 9.17) is 11.6 Å². The summed E-state index contributed by atoms with van der Waals surface area (Å²) in [4.78, 5) is 0. The number of hydrogen-bond acceptors (Lipinski definition) is 1. The number of halogens is 2. The first-order valence-electron chi connectivity index (χ1n) is 4.69. The molecular weight excluding hydrogens is 203 g/mol. The lowest BCUT2D eigenvalue weighted by molar-refractivity contribution is 0.166. The van der Waals surface area contributed by atoms with E-state index in [1.165, 1.54) is 6.07 Å². The van der Waals surface area contributed by atoms with Crippen molar-refractivity contribution < 1.29 is 9.50 Å².